The summed E-state index contributed by atoms with van der Waals surface area (Å²) in [6, 6.07) is 8.62. The van der Waals surface area contributed by atoms with E-state index < -0.39 is 36.3 Å². The van der Waals surface area contributed by atoms with Gasteiger partial charge in [-0.1, -0.05) is 11.6 Å². The maximum atomic E-state index is 13.9. The largest absolute Gasteiger partial charge is 0.491 e. The van der Waals surface area contributed by atoms with E-state index in [2.05, 4.69) is 15.0 Å². The smallest absolute Gasteiger partial charge is 0.401 e. The molecule has 6 rings (SSSR count). The van der Waals surface area contributed by atoms with Crippen LogP contribution in [0.2, 0.25) is 5.02 Å². The number of aromatic carboxylic acids is 1. The van der Waals surface area contributed by atoms with Crippen molar-refractivity contribution < 1.29 is 41.0 Å². The van der Waals surface area contributed by atoms with Crippen LogP contribution >= 0.6 is 22.9 Å². The van der Waals surface area contributed by atoms with E-state index in [1.54, 1.807) is 36.1 Å². The summed E-state index contributed by atoms with van der Waals surface area (Å²) < 4.78 is 86.8. The minimum Gasteiger partial charge on any atom is -0.491 e. The number of piperazine rings is 1. The topological polar surface area (TPSA) is 137 Å². The van der Waals surface area contributed by atoms with Gasteiger partial charge in [-0.05, 0) is 31.2 Å². The van der Waals surface area contributed by atoms with Crippen LogP contribution in [0.3, 0.4) is 0 Å². The molecule has 5 aromatic rings. The quantitative estimate of drug-likeness (QED) is 0.165. The summed E-state index contributed by atoms with van der Waals surface area (Å²) in [5.41, 5.74) is 1.01. The molecule has 272 valence electrons. The third-order valence-electron chi connectivity index (χ3n) is 8.67. The van der Waals surface area contributed by atoms with Gasteiger partial charge in [-0.2, -0.15) is 31.6 Å². The number of carboxylic acid groups (broad SMARTS) is 1. The summed E-state index contributed by atoms with van der Waals surface area (Å²) in [5.74, 6) is -3.86. The lowest BCUT2D eigenvalue weighted by Crippen LogP contribution is -2.52. The average molecular weight is 766 g/mol. The van der Waals surface area contributed by atoms with E-state index in [-0.39, 0.29) is 67.2 Å². The molecule has 52 heavy (non-hydrogen) atoms. The lowest BCUT2D eigenvalue weighted by Gasteiger charge is -2.37. The molecule has 1 N–H and O–H groups in total. The molecule has 1 aliphatic heterocycles. The zero-order valence-electron chi connectivity index (χ0n) is 26.9. The molecule has 0 radical (unpaired) electrons. The van der Waals surface area contributed by atoms with Crippen LogP contribution in [0.1, 0.15) is 21.7 Å². The minimum absolute atomic E-state index is 0.00955. The van der Waals surface area contributed by atoms with Crippen molar-refractivity contribution in [2.45, 2.75) is 25.8 Å². The molecule has 1 aliphatic rings. The molecule has 4 aromatic heterocycles. The van der Waals surface area contributed by atoms with Crippen molar-refractivity contribution in [2.24, 2.45) is 5.92 Å². The Hall–Kier alpha value is -4.99. The first-order chi connectivity index (χ1) is 24.6. The average Bonchev–Trinajstić information content (AvgIpc) is 3.53. The number of carbonyl (C=O) groups is 1. The molecule has 0 spiro atoms. The van der Waals surface area contributed by atoms with Crippen molar-refractivity contribution in [2.75, 3.05) is 44.2 Å². The van der Waals surface area contributed by atoms with Gasteiger partial charge in [0.25, 0.3) is 5.56 Å². The molecule has 0 atom stereocenters. The zero-order valence-corrected chi connectivity index (χ0v) is 28.5. The van der Waals surface area contributed by atoms with Crippen LogP contribution in [0.25, 0.3) is 32.2 Å². The number of rotatable bonds is 9. The summed E-state index contributed by atoms with van der Waals surface area (Å²) in [6.07, 6.45) is -8.13. The second-order valence-corrected chi connectivity index (χ2v) is 13.2. The lowest BCUT2D eigenvalue weighted by atomic mass is 10.0. The van der Waals surface area contributed by atoms with Crippen molar-refractivity contribution in [1.82, 2.24) is 24.4 Å². The Balaban J connectivity index is 1.23. The number of ether oxygens (including phenoxy) is 1. The van der Waals surface area contributed by atoms with Crippen LogP contribution in [0.5, 0.6) is 5.75 Å². The van der Waals surface area contributed by atoms with Gasteiger partial charge >= 0.3 is 18.3 Å². The van der Waals surface area contributed by atoms with E-state index in [9.17, 15) is 46.3 Å². The van der Waals surface area contributed by atoms with E-state index >= 15 is 0 Å². The van der Waals surface area contributed by atoms with Gasteiger partial charge in [0.1, 0.15) is 35.6 Å². The van der Waals surface area contributed by atoms with Crippen molar-refractivity contribution in [3.8, 4) is 22.9 Å². The number of alkyl halides is 6. The van der Waals surface area contributed by atoms with E-state index in [0.29, 0.717) is 37.9 Å². The Bertz CT molecular complexity index is 2270. The third kappa shape index (κ3) is 7.20. The molecule has 0 amide bonds. The molecule has 11 nitrogen and oxygen atoms in total. The highest BCUT2D eigenvalue weighted by molar-refractivity contribution is 7.18. The number of hydrogen-bond donors (Lipinski definition) is 1. The minimum atomic E-state index is -5.46. The van der Waals surface area contributed by atoms with Gasteiger partial charge in [-0.15, -0.1) is 11.3 Å². The number of benzene rings is 1. The monoisotopic (exact) mass is 765 g/mol. The molecule has 0 unspecified atom stereocenters. The SMILES string of the molecule is Cc1nc2cnc(N3CCN(CC(C(F)(F)F)C(F)(F)F)CC3)c(C#N)c2c(=O)n1CCOc1ccc(Cl)cc1-c1ccnc2c(C(=O)O)csc12. The first kappa shape index (κ1) is 36.8. The first-order valence-corrected chi connectivity index (χ1v) is 16.8. The number of fused-ring (bicyclic) bond motifs is 2. The lowest BCUT2D eigenvalue weighted by molar-refractivity contribution is -0.287. The highest BCUT2D eigenvalue weighted by atomic mass is 35.5. The molecular weight excluding hydrogens is 740 g/mol. The maximum Gasteiger partial charge on any atom is 0.401 e. The zero-order chi connectivity index (χ0) is 37.5. The fourth-order valence-corrected chi connectivity index (χ4v) is 7.29. The number of halogens is 7. The van der Waals surface area contributed by atoms with Crippen molar-refractivity contribution in [1.29, 1.82) is 5.26 Å². The summed E-state index contributed by atoms with van der Waals surface area (Å²) >= 11 is 7.53. The summed E-state index contributed by atoms with van der Waals surface area (Å²) in [5, 5.41) is 21.6. The van der Waals surface area contributed by atoms with Crippen molar-refractivity contribution in [3.05, 3.63) is 74.4 Å². The van der Waals surface area contributed by atoms with Crippen LogP contribution in [-0.2, 0) is 6.54 Å². The molecular formula is C33H26ClF6N7O4S. The van der Waals surface area contributed by atoms with Crippen LogP contribution in [0.15, 0.2) is 46.8 Å². The second-order valence-electron chi connectivity index (χ2n) is 11.8. The Morgan fingerprint density at radius 3 is 2.46 bits per heavy atom. The van der Waals surface area contributed by atoms with E-state index in [1.807, 2.05) is 6.07 Å². The predicted octanol–water partition coefficient (Wildman–Crippen LogP) is 6.54. The molecule has 0 bridgehead atoms. The fraction of sp³-hybridized carbons (Fsp3) is 0.333. The van der Waals surface area contributed by atoms with Gasteiger partial charge < -0.3 is 14.7 Å². The Labute approximate surface area is 299 Å². The van der Waals surface area contributed by atoms with Crippen LogP contribution in [0.4, 0.5) is 32.2 Å². The van der Waals surface area contributed by atoms with Gasteiger partial charge in [-0.25, -0.2) is 14.8 Å². The summed E-state index contributed by atoms with van der Waals surface area (Å²) in [4.78, 5) is 41.2. The van der Waals surface area contributed by atoms with Crippen molar-refractivity contribution >= 4 is 55.8 Å². The number of anilines is 1. The fourth-order valence-electron chi connectivity index (χ4n) is 6.09. The molecule has 1 aromatic carbocycles. The number of thiophene rings is 1. The number of hydrogen-bond acceptors (Lipinski definition) is 10. The van der Waals surface area contributed by atoms with Gasteiger partial charge in [0, 0.05) is 60.5 Å². The van der Waals surface area contributed by atoms with Gasteiger partial charge in [-0.3, -0.25) is 19.2 Å². The molecule has 1 saturated heterocycles. The normalized spacial score (nSPS) is 14.3. The summed E-state index contributed by atoms with van der Waals surface area (Å²) in [6.45, 7) is -0.104. The third-order valence-corrected chi connectivity index (χ3v) is 9.91. The van der Waals surface area contributed by atoms with Crippen LogP contribution in [-0.4, -0.2) is 87.2 Å². The number of aromatic nitrogens is 4. The standard InChI is InChI=1S/C33H26ClF6N7O4S/c1-17-44-23-14-43-29(46-8-6-45(7-9-46)15-25(32(35,36)37)33(38,39)40)21(13-41)26(23)30(48)47(17)10-11-51-24-3-2-18(34)12-20(24)19-4-5-42-27-22(31(49)50)16-52-28(19)27/h2-5,12,14,16,25H,6-11,15H2,1H3,(H,49,50). The predicted molar refractivity (Wildman–Crippen MR) is 180 cm³/mol. The molecule has 1 fully saturated rings. The second kappa shape index (κ2) is 14.2. The molecule has 5 heterocycles. The van der Waals surface area contributed by atoms with Gasteiger partial charge in [0.05, 0.1) is 39.4 Å². The van der Waals surface area contributed by atoms with E-state index in [4.69, 9.17) is 16.3 Å². The maximum absolute atomic E-state index is 13.9. The number of aryl methyl sites for hydroxylation is 1. The van der Waals surface area contributed by atoms with E-state index in [1.165, 1.54) is 33.7 Å². The summed E-state index contributed by atoms with van der Waals surface area (Å²) in [7, 11) is 0. The van der Waals surface area contributed by atoms with Gasteiger partial charge in [0.15, 0.2) is 5.92 Å². The number of nitriles is 1. The molecule has 0 saturated carbocycles. The Morgan fingerprint density at radius 2 is 1.81 bits per heavy atom. The highest BCUT2D eigenvalue weighted by Gasteiger charge is 2.57. The van der Waals surface area contributed by atoms with E-state index in [0.717, 1.165) is 4.90 Å². The number of nitrogens with zero attached hydrogens (tertiary/aromatic N) is 7. The Morgan fingerprint density at radius 1 is 1.10 bits per heavy atom. The molecule has 0 aliphatic carbocycles. The van der Waals surface area contributed by atoms with Gasteiger partial charge in [0.2, 0.25) is 0 Å². The highest BCUT2D eigenvalue weighted by Crippen LogP contribution is 2.41. The van der Waals surface area contributed by atoms with Crippen LogP contribution < -0.4 is 15.2 Å². The number of carboxylic acids is 1. The number of pyridine rings is 2. The van der Waals surface area contributed by atoms with Crippen molar-refractivity contribution in [3.63, 3.8) is 0 Å². The molecule has 19 heteroatoms. The Kier molecular flexibility index (Phi) is 10.0. The first-order valence-electron chi connectivity index (χ1n) is 15.5. The van der Waals surface area contributed by atoms with Crippen LogP contribution in [0, 0.1) is 24.2 Å².